The summed E-state index contributed by atoms with van der Waals surface area (Å²) in [6.45, 7) is 11.2. The largest absolute Gasteiger partial charge is 0.484 e. The van der Waals surface area contributed by atoms with Crippen molar-refractivity contribution in [3.05, 3.63) is 12.7 Å². The van der Waals surface area contributed by atoms with Gasteiger partial charge in [0, 0.05) is 25.7 Å². The van der Waals surface area contributed by atoms with E-state index < -0.39 is 9.53 Å². The number of allylic oxidation sites excluding steroid dienone is 1. The molecule has 0 aliphatic carbocycles. The zero-order valence-electron chi connectivity index (χ0n) is 9.29. The standard InChI is InChI=1S/C6H16O3Si.C3H5Cl/c1-4-7-10(8-5-2)9-6-3;1-2-3-4/h10H,4-6H2,1-3H3;2H,1,3H2. The molecule has 0 atom stereocenters. The van der Waals surface area contributed by atoms with Crippen molar-refractivity contribution >= 4 is 21.1 Å². The van der Waals surface area contributed by atoms with E-state index in [1.165, 1.54) is 0 Å². The maximum Gasteiger partial charge on any atom is 0.484 e. The van der Waals surface area contributed by atoms with Crippen LogP contribution in [0.25, 0.3) is 0 Å². The van der Waals surface area contributed by atoms with Crippen LogP contribution in [0.5, 0.6) is 0 Å². The normalized spacial score (nSPS) is 9.50. The summed E-state index contributed by atoms with van der Waals surface area (Å²) in [6.07, 6.45) is 1.64. The fourth-order valence-corrected chi connectivity index (χ4v) is 1.66. The Morgan fingerprint density at radius 3 is 1.50 bits per heavy atom. The smallest absolute Gasteiger partial charge is 0.376 e. The predicted octanol–water partition coefficient (Wildman–Crippen LogP) is 2.22. The topological polar surface area (TPSA) is 27.7 Å². The minimum Gasteiger partial charge on any atom is -0.376 e. The quantitative estimate of drug-likeness (QED) is 0.388. The van der Waals surface area contributed by atoms with E-state index in [1.54, 1.807) is 6.08 Å². The second-order valence-electron chi connectivity index (χ2n) is 2.10. The number of hydrogen-bond acceptors (Lipinski definition) is 3. The summed E-state index contributed by atoms with van der Waals surface area (Å²) in [4.78, 5) is 0. The first-order valence-electron chi connectivity index (χ1n) is 4.78. The molecule has 0 unspecified atom stereocenters. The highest BCUT2D eigenvalue weighted by Gasteiger charge is 2.11. The van der Waals surface area contributed by atoms with E-state index in [0.717, 1.165) is 0 Å². The van der Waals surface area contributed by atoms with E-state index in [1.807, 2.05) is 20.8 Å². The summed E-state index contributed by atoms with van der Waals surface area (Å²) in [5, 5.41) is 0. The molecule has 0 fully saturated rings. The van der Waals surface area contributed by atoms with Gasteiger partial charge >= 0.3 is 9.53 Å². The third kappa shape index (κ3) is 14.6. The van der Waals surface area contributed by atoms with Crippen LogP contribution in [0.3, 0.4) is 0 Å². The predicted molar refractivity (Wildman–Crippen MR) is 62.9 cm³/mol. The molecule has 14 heavy (non-hydrogen) atoms. The molecule has 0 saturated heterocycles. The van der Waals surface area contributed by atoms with Crippen molar-refractivity contribution in [2.75, 3.05) is 25.7 Å². The van der Waals surface area contributed by atoms with Gasteiger partial charge in [0.2, 0.25) is 0 Å². The van der Waals surface area contributed by atoms with Crippen molar-refractivity contribution in [1.82, 2.24) is 0 Å². The minimum absolute atomic E-state index is 0.556. The van der Waals surface area contributed by atoms with Crippen LogP contribution in [-0.4, -0.2) is 35.2 Å². The zero-order valence-corrected chi connectivity index (χ0v) is 11.2. The molecule has 5 heteroatoms. The Labute approximate surface area is 94.0 Å². The molecule has 0 aromatic heterocycles. The summed E-state index contributed by atoms with van der Waals surface area (Å²) < 4.78 is 15.7. The van der Waals surface area contributed by atoms with Crippen LogP contribution in [0.2, 0.25) is 0 Å². The van der Waals surface area contributed by atoms with E-state index in [4.69, 9.17) is 24.9 Å². The molecule has 0 bridgehead atoms. The second kappa shape index (κ2) is 15.6. The zero-order chi connectivity index (χ0) is 11.2. The minimum atomic E-state index is -1.73. The van der Waals surface area contributed by atoms with Crippen LogP contribution in [0, 0.1) is 0 Å². The first kappa shape index (κ1) is 16.6. The summed E-state index contributed by atoms with van der Waals surface area (Å²) in [6, 6.07) is 0. The van der Waals surface area contributed by atoms with Gasteiger partial charge in [-0.05, 0) is 20.8 Å². The molecule has 0 aromatic carbocycles. The molecule has 0 rings (SSSR count). The Hall–Kier alpha value is 0.127. The van der Waals surface area contributed by atoms with Gasteiger partial charge in [0.05, 0.1) is 0 Å². The second-order valence-corrected chi connectivity index (χ2v) is 3.98. The molecule has 0 radical (unpaired) electrons. The summed E-state index contributed by atoms with van der Waals surface area (Å²) in [5.41, 5.74) is 0. The molecular formula is C9H21ClO3Si. The van der Waals surface area contributed by atoms with Crippen LogP contribution in [0.1, 0.15) is 20.8 Å². The number of alkyl halides is 1. The molecular weight excluding hydrogens is 220 g/mol. The third-order valence-electron chi connectivity index (χ3n) is 1.02. The van der Waals surface area contributed by atoms with Gasteiger partial charge in [-0.25, -0.2) is 0 Å². The lowest BCUT2D eigenvalue weighted by Crippen LogP contribution is -2.27. The van der Waals surface area contributed by atoms with Gasteiger partial charge in [-0.2, -0.15) is 0 Å². The Balaban J connectivity index is 0. The highest BCUT2D eigenvalue weighted by molar-refractivity contribution is 6.36. The Kier molecular flexibility index (Phi) is 18.4. The van der Waals surface area contributed by atoms with Crippen LogP contribution < -0.4 is 0 Å². The maximum absolute atomic E-state index is 5.22. The molecule has 0 aliphatic heterocycles. The molecule has 0 spiro atoms. The summed E-state index contributed by atoms with van der Waals surface area (Å²) in [7, 11) is -1.73. The van der Waals surface area contributed by atoms with Gasteiger partial charge in [0.25, 0.3) is 0 Å². The lowest BCUT2D eigenvalue weighted by molar-refractivity contribution is 0.107. The number of halogens is 1. The van der Waals surface area contributed by atoms with Gasteiger partial charge in [-0.15, -0.1) is 18.2 Å². The summed E-state index contributed by atoms with van der Waals surface area (Å²) >= 11 is 5.07. The Morgan fingerprint density at radius 1 is 1.07 bits per heavy atom. The van der Waals surface area contributed by atoms with Crippen molar-refractivity contribution < 1.29 is 13.3 Å². The highest BCUT2D eigenvalue weighted by atomic mass is 35.5. The molecule has 0 heterocycles. The Bertz CT molecular complexity index is 100.0. The fraction of sp³-hybridized carbons (Fsp3) is 0.778. The lowest BCUT2D eigenvalue weighted by Gasteiger charge is -2.12. The Morgan fingerprint density at radius 2 is 1.36 bits per heavy atom. The molecule has 86 valence electrons. The van der Waals surface area contributed by atoms with Crippen LogP contribution in [0.4, 0.5) is 0 Å². The van der Waals surface area contributed by atoms with Crippen molar-refractivity contribution in [3.63, 3.8) is 0 Å². The van der Waals surface area contributed by atoms with Crippen molar-refractivity contribution in [3.8, 4) is 0 Å². The molecule has 0 amide bonds. The molecule has 0 saturated carbocycles. The van der Waals surface area contributed by atoms with Crippen molar-refractivity contribution in [1.29, 1.82) is 0 Å². The van der Waals surface area contributed by atoms with Gasteiger partial charge in [0.15, 0.2) is 0 Å². The van der Waals surface area contributed by atoms with E-state index in [0.29, 0.717) is 25.7 Å². The first-order chi connectivity index (χ1) is 6.76. The fourth-order valence-electron chi connectivity index (χ4n) is 0.553. The third-order valence-corrected chi connectivity index (χ3v) is 3.05. The van der Waals surface area contributed by atoms with Crippen molar-refractivity contribution in [2.45, 2.75) is 20.8 Å². The lowest BCUT2D eigenvalue weighted by atomic mass is 10.8. The van der Waals surface area contributed by atoms with E-state index in [-0.39, 0.29) is 0 Å². The summed E-state index contributed by atoms with van der Waals surface area (Å²) in [5.74, 6) is 0.556. The van der Waals surface area contributed by atoms with Gasteiger partial charge in [-0.1, -0.05) is 6.08 Å². The molecule has 0 aliphatic rings. The van der Waals surface area contributed by atoms with E-state index in [2.05, 4.69) is 6.58 Å². The van der Waals surface area contributed by atoms with Crippen LogP contribution >= 0.6 is 11.6 Å². The van der Waals surface area contributed by atoms with E-state index in [9.17, 15) is 0 Å². The van der Waals surface area contributed by atoms with Gasteiger partial charge in [0.1, 0.15) is 0 Å². The SMILES string of the molecule is C=CCCl.CCO[SiH](OCC)OCC. The highest BCUT2D eigenvalue weighted by Crippen LogP contribution is 1.91. The molecule has 3 nitrogen and oxygen atoms in total. The van der Waals surface area contributed by atoms with Crippen LogP contribution in [-0.2, 0) is 13.3 Å². The molecule has 0 aromatic rings. The number of hydrogen-bond donors (Lipinski definition) is 0. The van der Waals surface area contributed by atoms with Gasteiger partial charge in [-0.3, -0.25) is 0 Å². The average molecular weight is 241 g/mol. The first-order valence-corrected chi connectivity index (χ1v) is 6.73. The maximum atomic E-state index is 5.22. The average Bonchev–Trinajstić information content (AvgIpc) is 2.20. The monoisotopic (exact) mass is 240 g/mol. The van der Waals surface area contributed by atoms with E-state index >= 15 is 0 Å². The van der Waals surface area contributed by atoms with Gasteiger partial charge < -0.3 is 13.3 Å². The molecule has 0 N–H and O–H groups in total. The van der Waals surface area contributed by atoms with Crippen molar-refractivity contribution in [2.24, 2.45) is 0 Å². The number of rotatable bonds is 7. The van der Waals surface area contributed by atoms with Crippen LogP contribution in [0.15, 0.2) is 12.7 Å².